The average molecular weight is 491 g/mol. The number of carbonyl (C=O) groups excluding carboxylic acids is 2. The zero-order chi connectivity index (χ0) is 22.0. The molecular formula is C21H16Cl2N4O2S2. The van der Waals surface area contributed by atoms with Crippen molar-refractivity contribution < 1.29 is 9.59 Å². The van der Waals surface area contributed by atoms with Crippen LogP contribution in [0.1, 0.15) is 6.42 Å². The molecule has 1 unspecified atom stereocenters. The molecule has 1 N–H and O–H groups in total. The van der Waals surface area contributed by atoms with Gasteiger partial charge in [-0.1, -0.05) is 64.5 Å². The Morgan fingerprint density at radius 2 is 2.10 bits per heavy atom. The predicted molar refractivity (Wildman–Crippen MR) is 130 cm³/mol. The first-order chi connectivity index (χ1) is 14.9. The number of nitrogens with one attached hydrogen (secondary N) is 1. The van der Waals surface area contributed by atoms with Crippen LogP contribution in [0.4, 0.5) is 10.8 Å². The number of hydrogen-bond donors (Lipinski definition) is 1. The highest BCUT2D eigenvalue weighted by atomic mass is 35.5. The van der Waals surface area contributed by atoms with Crippen molar-refractivity contribution in [2.24, 2.45) is 4.99 Å². The summed E-state index contributed by atoms with van der Waals surface area (Å²) >= 11 is 14.7. The lowest BCUT2D eigenvalue weighted by Crippen LogP contribution is -2.33. The molecule has 0 aliphatic carbocycles. The fraction of sp³-hybridized carbons (Fsp3) is 0.143. The van der Waals surface area contributed by atoms with Gasteiger partial charge >= 0.3 is 0 Å². The van der Waals surface area contributed by atoms with Gasteiger partial charge in [-0.25, -0.2) is 4.98 Å². The number of amidine groups is 1. The highest BCUT2D eigenvalue weighted by molar-refractivity contribution is 8.15. The number of aromatic nitrogens is 1. The molecule has 0 bridgehead atoms. The molecule has 0 radical (unpaired) electrons. The Kier molecular flexibility index (Phi) is 6.62. The molecule has 2 heterocycles. The van der Waals surface area contributed by atoms with Gasteiger partial charge in [0.05, 0.1) is 20.9 Å². The molecule has 4 rings (SSSR count). The first-order valence-corrected chi connectivity index (χ1v) is 11.7. The van der Waals surface area contributed by atoms with Crippen LogP contribution in [0.15, 0.2) is 60.1 Å². The fourth-order valence-electron chi connectivity index (χ4n) is 2.97. The van der Waals surface area contributed by atoms with Gasteiger partial charge in [-0.2, -0.15) is 4.99 Å². The van der Waals surface area contributed by atoms with Crippen LogP contribution in [-0.2, 0) is 9.59 Å². The fourth-order valence-corrected chi connectivity index (χ4v) is 5.47. The standard InChI is InChI=1S/C21H16Cl2N4O2S2/c1-2-9-27-19(29)17(11-18(28)24-14-8-7-12(22)10-13(14)23)31-21(27)26-20-25-15-5-3-4-6-16(15)30-20/h2-8,10,17H,1,9,11H2,(H,24,28). The highest BCUT2D eigenvalue weighted by Gasteiger charge is 2.38. The van der Waals surface area contributed by atoms with Crippen molar-refractivity contribution in [1.29, 1.82) is 0 Å². The summed E-state index contributed by atoms with van der Waals surface area (Å²) in [5, 5.41) is 4.00. The third kappa shape index (κ3) is 4.93. The van der Waals surface area contributed by atoms with E-state index in [1.807, 2.05) is 24.3 Å². The van der Waals surface area contributed by atoms with Crippen molar-refractivity contribution in [2.75, 3.05) is 11.9 Å². The number of thioether (sulfide) groups is 1. The third-order valence-electron chi connectivity index (χ3n) is 4.38. The van der Waals surface area contributed by atoms with Gasteiger partial charge in [0.15, 0.2) is 5.17 Å². The summed E-state index contributed by atoms with van der Waals surface area (Å²) in [4.78, 5) is 36.1. The molecule has 0 saturated carbocycles. The first kappa shape index (κ1) is 21.8. The Labute approximate surface area is 197 Å². The molecule has 1 fully saturated rings. The highest BCUT2D eigenvalue weighted by Crippen LogP contribution is 2.35. The molecule has 1 aliphatic rings. The number of halogens is 2. The Hall–Kier alpha value is -2.39. The summed E-state index contributed by atoms with van der Waals surface area (Å²) in [6.07, 6.45) is 1.61. The van der Waals surface area contributed by atoms with Crippen molar-refractivity contribution in [3.05, 3.63) is 65.2 Å². The van der Waals surface area contributed by atoms with Gasteiger partial charge in [0.1, 0.15) is 5.25 Å². The number of rotatable bonds is 6. The van der Waals surface area contributed by atoms with Gasteiger partial charge in [0, 0.05) is 18.0 Å². The van der Waals surface area contributed by atoms with E-state index < -0.39 is 5.25 Å². The predicted octanol–water partition coefficient (Wildman–Crippen LogP) is 5.75. The first-order valence-electron chi connectivity index (χ1n) is 9.22. The molecule has 1 saturated heterocycles. The second kappa shape index (κ2) is 9.40. The monoisotopic (exact) mass is 490 g/mol. The Morgan fingerprint density at radius 1 is 1.29 bits per heavy atom. The molecule has 2 amide bonds. The SMILES string of the molecule is C=CCN1C(=O)C(CC(=O)Nc2ccc(Cl)cc2Cl)SC1=Nc1nc2ccccc2s1. The Morgan fingerprint density at radius 3 is 2.84 bits per heavy atom. The van der Waals surface area contributed by atoms with E-state index in [9.17, 15) is 9.59 Å². The number of thiazole rings is 1. The summed E-state index contributed by atoms with van der Waals surface area (Å²) in [7, 11) is 0. The van der Waals surface area contributed by atoms with Crippen LogP contribution in [0.2, 0.25) is 10.0 Å². The van der Waals surface area contributed by atoms with Crippen LogP contribution in [0, 0.1) is 0 Å². The van der Waals surface area contributed by atoms with Gasteiger partial charge in [-0.3, -0.25) is 14.5 Å². The van der Waals surface area contributed by atoms with E-state index in [1.165, 1.54) is 28.0 Å². The zero-order valence-electron chi connectivity index (χ0n) is 16.0. The number of hydrogen-bond acceptors (Lipinski definition) is 6. The molecule has 3 aromatic rings. The molecule has 1 atom stereocenters. The molecular weight excluding hydrogens is 475 g/mol. The van der Waals surface area contributed by atoms with Crippen LogP contribution < -0.4 is 5.32 Å². The normalized spacial score (nSPS) is 17.5. The molecule has 1 aliphatic heterocycles. The third-order valence-corrected chi connectivity index (χ3v) is 7.04. The number of nitrogens with zero attached hydrogens (tertiary/aromatic N) is 3. The van der Waals surface area contributed by atoms with Crippen LogP contribution in [0.25, 0.3) is 10.2 Å². The molecule has 10 heteroatoms. The maximum atomic E-state index is 12.9. The van der Waals surface area contributed by atoms with Crippen molar-refractivity contribution in [3.63, 3.8) is 0 Å². The van der Waals surface area contributed by atoms with E-state index >= 15 is 0 Å². The van der Waals surface area contributed by atoms with Crippen LogP contribution >= 0.6 is 46.3 Å². The van der Waals surface area contributed by atoms with Crippen LogP contribution in [-0.4, -0.2) is 38.7 Å². The van der Waals surface area contributed by atoms with E-state index in [-0.39, 0.29) is 18.2 Å². The van der Waals surface area contributed by atoms with Crippen LogP contribution in [0.5, 0.6) is 0 Å². The maximum absolute atomic E-state index is 12.9. The number of anilines is 1. The van der Waals surface area contributed by atoms with E-state index in [0.717, 1.165) is 10.2 Å². The average Bonchev–Trinajstić information content (AvgIpc) is 3.26. The number of carbonyl (C=O) groups is 2. The van der Waals surface area contributed by atoms with Crippen LogP contribution in [0.3, 0.4) is 0 Å². The van der Waals surface area contributed by atoms with Crippen molar-refractivity contribution in [2.45, 2.75) is 11.7 Å². The van der Waals surface area contributed by atoms with E-state index in [4.69, 9.17) is 23.2 Å². The zero-order valence-corrected chi connectivity index (χ0v) is 19.2. The van der Waals surface area contributed by atoms with E-state index in [0.29, 0.717) is 32.6 Å². The molecule has 158 valence electrons. The summed E-state index contributed by atoms with van der Waals surface area (Å²) in [6.45, 7) is 4.02. The van der Waals surface area contributed by atoms with E-state index in [1.54, 1.807) is 24.3 Å². The molecule has 0 spiro atoms. The molecule has 2 aromatic carbocycles. The summed E-state index contributed by atoms with van der Waals surface area (Å²) in [5.41, 5.74) is 1.30. The number of benzene rings is 2. The number of aliphatic imine (C=N–C) groups is 1. The minimum atomic E-state index is -0.598. The lowest BCUT2D eigenvalue weighted by molar-refractivity contribution is -0.127. The lowest BCUT2D eigenvalue weighted by atomic mass is 10.2. The smallest absolute Gasteiger partial charge is 0.242 e. The van der Waals surface area contributed by atoms with Gasteiger partial charge in [-0.05, 0) is 30.3 Å². The van der Waals surface area contributed by atoms with Gasteiger partial charge in [0.2, 0.25) is 16.9 Å². The summed E-state index contributed by atoms with van der Waals surface area (Å²) in [5.74, 6) is -0.517. The number of fused-ring (bicyclic) bond motifs is 1. The molecule has 31 heavy (non-hydrogen) atoms. The quantitative estimate of drug-likeness (QED) is 0.446. The van der Waals surface area contributed by atoms with Crippen molar-refractivity contribution >= 4 is 84.3 Å². The second-order valence-corrected chi connectivity index (χ2v) is 9.60. The minimum absolute atomic E-state index is 0.0189. The number of para-hydroxylation sites is 1. The second-order valence-electron chi connectivity index (χ2n) is 6.58. The summed E-state index contributed by atoms with van der Waals surface area (Å²) in [6, 6.07) is 12.5. The number of amides is 2. The van der Waals surface area contributed by atoms with Gasteiger partial charge in [0.25, 0.3) is 0 Å². The minimum Gasteiger partial charge on any atom is -0.325 e. The van der Waals surface area contributed by atoms with Crippen molar-refractivity contribution in [3.8, 4) is 0 Å². The largest absolute Gasteiger partial charge is 0.325 e. The van der Waals surface area contributed by atoms with Gasteiger partial charge in [-0.15, -0.1) is 6.58 Å². The van der Waals surface area contributed by atoms with E-state index in [2.05, 4.69) is 21.9 Å². The Bertz CT molecular complexity index is 1180. The maximum Gasteiger partial charge on any atom is 0.242 e. The topological polar surface area (TPSA) is 74.7 Å². The summed E-state index contributed by atoms with van der Waals surface area (Å²) < 4.78 is 1.02. The lowest BCUT2D eigenvalue weighted by Gasteiger charge is -2.13. The molecule has 1 aromatic heterocycles. The van der Waals surface area contributed by atoms with Gasteiger partial charge < -0.3 is 5.32 Å². The van der Waals surface area contributed by atoms with Crippen molar-refractivity contribution in [1.82, 2.24) is 9.88 Å². The Balaban J connectivity index is 1.51. The molecule has 6 nitrogen and oxygen atoms in total.